The number of anilines is 1. The van der Waals surface area contributed by atoms with E-state index < -0.39 is 0 Å². The van der Waals surface area contributed by atoms with E-state index in [-0.39, 0.29) is 11.6 Å². The van der Waals surface area contributed by atoms with E-state index in [9.17, 15) is 4.79 Å². The predicted octanol–water partition coefficient (Wildman–Crippen LogP) is 2.72. The van der Waals surface area contributed by atoms with Crippen molar-refractivity contribution < 1.29 is 0 Å². The van der Waals surface area contributed by atoms with Crippen LogP contribution >= 0.6 is 27.3 Å². The molecule has 0 bridgehead atoms. The van der Waals surface area contributed by atoms with Gasteiger partial charge in [0.15, 0.2) is 5.82 Å². The molecule has 94 valence electrons. The van der Waals surface area contributed by atoms with Gasteiger partial charge in [0, 0.05) is 11.4 Å². The molecular weight excluding hydrogens is 314 g/mol. The first-order valence-electron chi connectivity index (χ1n) is 5.74. The van der Waals surface area contributed by atoms with Crippen LogP contribution in [0.25, 0.3) is 0 Å². The van der Waals surface area contributed by atoms with Gasteiger partial charge in [0.25, 0.3) is 5.56 Å². The molecule has 1 N–H and O–H groups in total. The van der Waals surface area contributed by atoms with E-state index in [1.54, 1.807) is 0 Å². The minimum Gasteiger partial charge on any atom is -0.348 e. The summed E-state index contributed by atoms with van der Waals surface area (Å²) in [6.45, 7) is 3.05. The highest BCUT2D eigenvalue weighted by atomic mass is 79.9. The molecule has 0 fully saturated rings. The fraction of sp³-hybridized carbons (Fsp3) is 0.333. The smallest absolute Gasteiger partial charge is 0.267 e. The van der Waals surface area contributed by atoms with Gasteiger partial charge >= 0.3 is 0 Å². The summed E-state index contributed by atoms with van der Waals surface area (Å²) in [6, 6.07) is 2.42. The van der Waals surface area contributed by atoms with Gasteiger partial charge in [0.1, 0.15) is 4.47 Å². The van der Waals surface area contributed by atoms with Crippen LogP contribution in [0.15, 0.2) is 27.0 Å². The van der Waals surface area contributed by atoms with Crippen molar-refractivity contribution in [3.05, 3.63) is 43.0 Å². The first-order valence-corrected chi connectivity index (χ1v) is 7.42. The molecule has 1 aliphatic heterocycles. The molecule has 0 amide bonds. The lowest BCUT2D eigenvalue weighted by atomic mass is 10.0. The molecule has 0 saturated carbocycles. The molecule has 4 nitrogen and oxygen atoms in total. The molecule has 18 heavy (non-hydrogen) atoms. The van der Waals surface area contributed by atoms with Crippen LogP contribution in [0.2, 0.25) is 0 Å². The van der Waals surface area contributed by atoms with E-state index >= 15 is 0 Å². The molecule has 1 atom stereocenters. The topological polar surface area (TPSA) is 49.0 Å². The Kier molecular flexibility index (Phi) is 2.99. The number of nitrogens with one attached hydrogen (secondary N) is 1. The summed E-state index contributed by atoms with van der Waals surface area (Å²) < 4.78 is 0.510. The van der Waals surface area contributed by atoms with Gasteiger partial charge < -0.3 is 9.88 Å². The average molecular weight is 326 g/mol. The summed E-state index contributed by atoms with van der Waals surface area (Å²) in [6.07, 6.45) is 2.47. The van der Waals surface area contributed by atoms with Crippen molar-refractivity contribution in [2.75, 3.05) is 11.4 Å². The fourth-order valence-corrected chi connectivity index (χ4v) is 3.78. The molecule has 3 heterocycles. The monoisotopic (exact) mass is 325 g/mol. The van der Waals surface area contributed by atoms with Gasteiger partial charge in [-0.3, -0.25) is 4.79 Å². The molecule has 2 aromatic rings. The van der Waals surface area contributed by atoms with Crippen molar-refractivity contribution in [3.8, 4) is 0 Å². The molecule has 3 rings (SSSR count). The van der Waals surface area contributed by atoms with Crippen LogP contribution in [0.3, 0.4) is 0 Å². The number of hydrogen-bond acceptors (Lipinski definition) is 4. The van der Waals surface area contributed by atoms with Crippen LogP contribution in [0.4, 0.5) is 5.82 Å². The molecule has 0 saturated heterocycles. The Hall–Kier alpha value is -1.14. The zero-order valence-electron chi connectivity index (χ0n) is 9.81. The number of fused-ring (bicyclic) bond motifs is 1. The second kappa shape index (κ2) is 4.51. The number of rotatable bonds is 1. The summed E-state index contributed by atoms with van der Waals surface area (Å²) in [5.74, 6) is 0.725. The van der Waals surface area contributed by atoms with Gasteiger partial charge in [-0.05, 0) is 46.3 Å². The summed E-state index contributed by atoms with van der Waals surface area (Å²) >= 11 is 5.14. The summed E-state index contributed by atoms with van der Waals surface area (Å²) in [7, 11) is 0. The van der Waals surface area contributed by atoms with Crippen LogP contribution in [-0.4, -0.2) is 16.5 Å². The first-order chi connectivity index (χ1) is 8.68. The molecule has 0 spiro atoms. The van der Waals surface area contributed by atoms with E-state index in [0.717, 1.165) is 18.8 Å². The van der Waals surface area contributed by atoms with E-state index in [4.69, 9.17) is 0 Å². The van der Waals surface area contributed by atoms with E-state index in [1.807, 2.05) is 11.3 Å². The SMILES string of the molecule is CC1c2ccsc2CCN1c1nc[nH]c(=O)c1Br. The van der Waals surface area contributed by atoms with Crippen molar-refractivity contribution in [3.63, 3.8) is 0 Å². The number of hydrogen-bond donors (Lipinski definition) is 1. The summed E-state index contributed by atoms with van der Waals surface area (Å²) in [4.78, 5) is 22.1. The van der Waals surface area contributed by atoms with Crippen LogP contribution in [0.5, 0.6) is 0 Å². The average Bonchev–Trinajstić information content (AvgIpc) is 2.83. The van der Waals surface area contributed by atoms with Gasteiger partial charge in [0.2, 0.25) is 0 Å². The molecule has 1 aliphatic rings. The Bertz CT molecular complexity index is 636. The number of H-pyrrole nitrogens is 1. The maximum atomic E-state index is 11.6. The van der Waals surface area contributed by atoms with Crippen molar-refractivity contribution >= 4 is 33.1 Å². The Morgan fingerprint density at radius 2 is 2.44 bits per heavy atom. The van der Waals surface area contributed by atoms with Crippen LogP contribution in [-0.2, 0) is 6.42 Å². The molecule has 6 heteroatoms. The number of aromatic nitrogens is 2. The molecule has 0 aliphatic carbocycles. The van der Waals surface area contributed by atoms with Gasteiger partial charge in [-0.25, -0.2) is 4.98 Å². The Morgan fingerprint density at radius 1 is 1.61 bits per heavy atom. The van der Waals surface area contributed by atoms with E-state index in [0.29, 0.717) is 4.47 Å². The highest BCUT2D eigenvalue weighted by Crippen LogP contribution is 2.36. The third kappa shape index (κ3) is 1.80. The van der Waals surface area contributed by atoms with Crippen LogP contribution in [0, 0.1) is 0 Å². The zero-order valence-corrected chi connectivity index (χ0v) is 12.2. The normalized spacial score (nSPS) is 18.8. The lowest BCUT2D eigenvalue weighted by Crippen LogP contribution is -2.35. The Balaban J connectivity index is 2.04. The standard InChI is InChI=1S/C12H12BrN3OS/c1-7-8-3-5-18-9(8)2-4-16(7)11-10(13)12(17)15-6-14-11/h3,5-7H,2,4H2,1H3,(H,14,15,17). The second-order valence-corrected chi connectivity index (χ2v) is 6.08. The highest BCUT2D eigenvalue weighted by Gasteiger charge is 2.27. The lowest BCUT2D eigenvalue weighted by molar-refractivity contribution is 0.622. The van der Waals surface area contributed by atoms with Crippen LogP contribution in [0.1, 0.15) is 23.4 Å². The fourth-order valence-electron chi connectivity index (χ4n) is 2.37. The lowest BCUT2D eigenvalue weighted by Gasteiger charge is -2.34. The van der Waals surface area contributed by atoms with Crippen molar-refractivity contribution in [1.82, 2.24) is 9.97 Å². The first kappa shape index (κ1) is 11.9. The van der Waals surface area contributed by atoms with E-state index in [2.05, 4.69) is 49.2 Å². The summed E-state index contributed by atoms with van der Waals surface area (Å²) in [5, 5.41) is 2.13. The largest absolute Gasteiger partial charge is 0.348 e. The molecule has 0 aromatic carbocycles. The van der Waals surface area contributed by atoms with Gasteiger partial charge in [0.05, 0.1) is 12.4 Å². The minimum atomic E-state index is -0.136. The van der Waals surface area contributed by atoms with Crippen molar-refractivity contribution in [2.45, 2.75) is 19.4 Å². The van der Waals surface area contributed by atoms with Crippen molar-refractivity contribution in [2.24, 2.45) is 0 Å². The van der Waals surface area contributed by atoms with E-state index in [1.165, 1.54) is 16.8 Å². The number of aromatic amines is 1. The number of thiophene rings is 1. The third-order valence-electron chi connectivity index (χ3n) is 3.33. The molecular formula is C12H12BrN3OS. The minimum absolute atomic E-state index is 0.136. The Morgan fingerprint density at radius 3 is 3.28 bits per heavy atom. The maximum absolute atomic E-state index is 11.6. The number of halogens is 1. The summed E-state index contributed by atoms with van der Waals surface area (Å²) in [5.41, 5.74) is 1.21. The van der Waals surface area contributed by atoms with Gasteiger partial charge in [-0.2, -0.15) is 0 Å². The zero-order chi connectivity index (χ0) is 12.7. The molecule has 1 unspecified atom stereocenters. The predicted molar refractivity (Wildman–Crippen MR) is 76.3 cm³/mol. The molecule has 2 aromatic heterocycles. The highest BCUT2D eigenvalue weighted by molar-refractivity contribution is 9.10. The maximum Gasteiger partial charge on any atom is 0.267 e. The van der Waals surface area contributed by atoms with Crippen LogP contribution < -0.4 is 10.5 Å². The van der Waals surface area contributed by atoms with Gasteiger partial charge in [-0.15, -0.1) is 11.3 Å². The van der Waals surface area contributed by atoms with Gasteiger partial charge in [-0.1, -0.05) is 0 Å². The third-order valence-corrected chi connectivity index (χ3v) is 5.04. The number of nitrogens with zero attached hydrogens (tertiary/aromatic N) is 2. The molecule has 0 radical (unpaired) electrons. The Labute approximate surface area is 117 Å². The van der Waals surface area contributed by atoms with Crippen molar-refractivity contribution in [1.29, 1.82) is 0 Å². The quantitative estimate of drug-likeness (QED) is 0.877. The second-order valence-electron chi connectivity index (χ2n) is 4.29.